The number of nitrogens with zero attached hydrogens (tertiary/aromatic N) is 1. The number of para-hydroxylation sites is 1. The zero-order chi connectivity index (χ0) is 15.2. The second kappa shape index (κ2) is 7.28. The maximum Gasteiger partial charge on any atom is 0.307 e. The summed E-state index contributed by atoms with van der Waals surface area (Å²) in [6, 6.07) is 6.85. The first-order chi connectivity index (χ1) is 9.42. The molecular formula is C14H21NO4S. The van der Waals surface area contributed by atoms with E-state index in [-0.39, 0.29) is 18.1 Å². The number of sulfone groups is 1. The number of ether oxygens (including phenoxy) is 1. The number of carbonyl (C=O) groups is 1. The smallest absolute Gasteiger partial charge is 0.307 e. The molecule has 0 saturated heterocycles. The fourth-order valence-electron chi connectivity index (χ4n) is 1.90. The van der Waals surface area contributed by atoms with Gasteiger partial charge in [-0.3, -0.25) is 4.79 Å². The molecule has 0 radical (unpaired) electrons. The van der Waals surface area contributed by atoms with Crippen LogP contribution in [0.2, 0.25) is 0 Å². The summed E-state index contributed by atoms with van der Waals surface area (Å²) in [4.78, 5) is 13.2. The summed E-state index contributed by atoms with van der Waals surface area (Å²) in [5.41, 5.74) is 0.616. The van der Waals surface area contributed by atoms with Gasteiger partial charge in [-0.25, -0.2) is 8.42 Å². The molecule has 0 aliphatic heterocycles. The van der Waals surface area contributed by atoms with Crippen LogP contribution in [0.1, 0.15) is 19.8 Å². The Balaban J connectivity index is 2.98. The molecule has 1 aromatic rings. The van der Waals surface area contributed by atoms with Gasteiger partial charge in [-0.15, -0.1) is 0 Å². The summed E-state index contributed by atoms with van der Waals surface area (Å²) < 4.78 is 29.1. The van der Waals surface area contributed by atoms with Crippen molar-refractivity contribution < 1.29 is 17.9 Å². The van der Waals surface area contributed by atoms with Gasteiger partial charge in [-0.05, 0) is 18.6 Å². The minimum atomic E-state index is -3.29. The second-order valence-electron chi connectivity index (χ2n) is 4.53. The first kappa shape index (κ1) is 16.5. The Morgan fingerprint density at radius 1 is 1.30 bits per heavy atom. The molecule has 0 heterocycles. The van der Waals surface area contributed by atoms with Crippen molar-refractivity contribution in [2.45, 2.75) is 24.7 Å². The molecule has 0 atom stereocenters. The third-order valence-electron chi connectivity index (χ3n) is 2.96. The van der Waals surface area contributed by atoms with Crippen molar-refractivity contribution in [2.24, 2.45) is 0 Å². The van der Waals surface area contributed by atoms with Crippen LogP contribution < -0.4 is 4.90 Å². The van der Waals surface area contributed by atoms with Gasteiger partial charge in [-0.2, -0.15) is 0 Å². The Morgan fingerprint density at radius 3 is 2.55 bits per heavy atom. The van der Waals surface area contributed by atoms with Crippen LogP contribution >= 0.6 is 0 Å². The van der Waals surface area contributed by atoms with Crippen LogP contribution in [0.15, 0.2) is 29.2 Å². The average molecular weight is 299 g/mol. The minimum absolute atomic E-state index is 0.120. The summed E-state index contributed by atoms with van der Waals surface area (Å²) in [5, 5.41) is 0. The number of methoxy groups -OCH3 is 1. The monoisotopic (exact) mass is 299 g/mol. The van der Waals surface area contributed by atoms with Gasteiger partial charge in [0, 0.05) is 13.6 Å². The summed E-state index contributed by atoms with van der Waals surface area (Å²) in [5.74, 6) is -0.194. The van der Waals surface area contributed by atoms with Crippen molar-refractivity contribution in [3.8, 4) is 0 Å². The normalized spacial score (nSPS) is 11.2. The molecule has 0 aliphatic rings. The summed E-state index contributed by atoms with van der Waals surface area (Å²) in [6.45, 7) is 2.24. The van der Waals surface area contributed by atoms with E-state index in [1.54, 1.807) is 36.2 Å². The van der Waals surface area contributed by atoms with E-state index in [0.717, 1.165) is 0 Å². The summed E-state index contributed by atoms with van der Waals surface area (Å²) in [6.07, 6.45) is 0.789. The van der Waals surface area contributed by atoms with E-state index in [1.807, 2.05) is 6.92 Å². The standard InChI is InChI=1S/C14H21NO4S/c1-4-11-20(17,18)13-8-6-5-7-12(13)15(2)10-9-14(16)19-3/h5-8H,4,9-11H2,1-3H3. The van der Waals surface area contributed by atoms with E-state index in [2.05, 4.69) is 4.74 Å². The Bertz CT molecular complexity index is 554. The number of hydrogen-bond acceptors (Lipinski definition) is 5. The lowest BCUT2D eigenvalue weighted by Crippen LogP contribution is -2.23. The minimum Gasteiger partial charge on any atom is -0.469 e. The molecule has 0 amide bonds. The van der Waals surface area contributed by atoms with Crippen LogP contribution in [0, 0.1) is 0 Å². The highest BCUT2D eigenvalue weighted by Crippen LogP contribution is 2.25. The Kier molecular flexibility index (Phi) is 6.01. The molecule has 0 aromatic heterocycles. The van der Waals surface area contributed by atoms with E-state index in [9.17, 15) is 13.2 Å². The lowest BCUT2D eigenvalue weighted by molar-refractivity contribution is -0.140. The number of carbonyl (C=O) groups excluding carboxylic acids is 1. The molecule has 1 aromatic carbocycles. The topological polar surface area (TPSA) is 63.7 Å². The summed E-state index contributed by atoms with van der Waals surface area (Å²) >= 11 is 0. The molecular weight excluding hydrogens is 278 g/mol. The first-order valence-corrected chi connectivity index (χ1v) is 8.17. The van der Waals surface area contributed by atoms with Crippen LogP contribution in [-0.2, 0) is 19.4 Å². The van der Waals surface area contributed by atoms with Gasteiger partial charge in [0.1, 0.15) is 0 Å². The molecule has 1 rings (SSSR count). The lowest BCUT2D eigenvalue weighted by atomic mass is 10.3. The molecule has 0 unspecified atom stereocenters. The van der Waals surface area contributed by atoms with E-state index in [1.165, 1.54) is 7.11 Å². The van der Waals surface area contributed by atoms with Crippen LogP contribution in [0.25, 0.3) is 0 Å². The Labute approximate surface area is 120 Å². The molecule has 0 aliphatic carbocycles. The third-order valence-corrected chi connectivity index (χ3v) is 4.92. The quantitative estimate of drug-likeness (QED) is 0.719. The van der Waals surface area contributed by atoms with E-state index >= 15 is 0 Å². The molecule has 112 valence electrons. The fraction of sp³-hybridized carbons (Fsp3) is 0.500. The zero-order valence-electron chi connectivity index (χ0n) is 12.1. The molecule has 6 heteroatoms. The summed E-state index contributed by atoms with van der Waals surface area (Å²) in [7, 11) is -0.186. The van der Waals surface area contributed by atoms with E-state index in [4.69, 9.17) is 0 Å². The van der Waals surface area contributed by atoms with Gasteiger partial charge in [-0.1, -0.05) is 19.1 Å². The maximum atomic E-state index is 12.2. The highest BCUT2D eigenvalue weighted by Gasteiger charge is 2.19. The number of hydrogen-bond donors (Lipinski definition) is 0. The predicted molar refractivity (Wildman–Crippen MR) is 78.7 cm³/mol. The molecule has 0 spiro atoms. The Morgan fingerprint density at radius 2 is 1.95 bits per heavy atom. The van der Waals surface area contributed by atoms with Gasteiger partial charge in [0.25, 0.3) is 0 Å². The average Bonchev–Trinajstić information content (AvgIpc) is 2.44. The molecule has 0 saturated carbocycles. The van der Waals surface area contributed by atoms with Crippen molar-refractivity contribution in [1.82, 2.24) is 0 Å². The van der Waals surface area contributed by atoms with Crippen LogP contribution in [0.5, 0.6) is 0 Å². The van der Waals surface area contributed by atoms with E-state index in [0.29, 0.717) is 23.5 Å². The van der Waals surface area contributed by atoms with Gasteiger partial charge in [0.15, 0.2) is 9.84 Å². The molecule has 0 fully saturated rings. The number of benzene rings is 1. The zero-order valence-corrected chi connectivity index (χ0v) is 12.9. The molecule has 5 nitrogen and oxygen atoms in total. The Hall–Kier alpha value is -1.56. The van der Waals surface area contributed by atoms with Crippen molar-refractivity contribution in [3.05, 3.63) is 24.3 Å². The van der Waals surface area contributed by atoms with Gasteiger partial charge in [0.05, 0.1) is 29.9 Å². The highest BCUT2D eigenvalue weighted by molar-refractivity contribution is 7.91. The largest absolute Gasteiger partial charge is 0.469 e. The number of anilines is 1. The molecule has 0 N–H and O–H groups in total. The van der Waals surface area contributed by atoms with Crippen LogP contribution in [-0.4, -0.2) is 40.8 Å². The number of esters is 1. The predicted octanol–water partition coefficient (Wildman–Crippen LogP) is 1.87. The van der Waals surface area contributed by atoms with E-state index < -0.39 is 9.84 Å². The SMILES string of the molecule is CCCS(=O)(=O)c1ccccc1N(C)CCC(=O)OC. The van der Waals surface area contributed by atoms with Crippen LogP contribution in [0.3, 0.4) is 0 Å². The van der Waals surface area contributed by atoms with Gasteiger partial charge >= 0.3 is 5.97 Å². The third kappa shape index (κ3) is 4.23. The highest BCUT2D eigenvalue weighted by atomic mass is 32.2. The van der Waals surface area contributed by atoms with Crippen molar-refractivity contribution >= 4 is 21.5 Å². The molecule has 0 bridgehead atoms. The van der Waals surface area contributed by atoms with Gasteiger partial charge in [0.2, 0.25) is 0 Å². The molecule has 20 heavy (non-hydrogen) atoms. The lowest BCUT2D eigenvalue weighted by Gasteiger charge is -2.21. The van der Waals surface area contributed by atoms with Crippen molar-refractivity contribution in [2.75, 3.05) is 31.4 Å². The van der Waals surface area contributed by atoms with Crippen molar-refractivity contribution in [3.63, 3.8) is 0 Å². The van der Waals surface area contributed by atoms with Crippen molar-refractivity contribution in [1.29, 1.82) is 0 Å². The van der Waals surface area contributed by atoms with Crippen LogP contribution in [0.4, 0.5) is 5.69 Å². The second-order valence-corrected chi connectivity index (χ2v) is 6.61. The number of rotatable bonds is 7. The maximum absolute atomic E-state index is 12.2. The van der Waals surface area contributed by atoms with Gasteiger partial charge < -0.3 is 9.64 Å². The first-order valence-electron chi connectivity index (χ1n) is 6.52. The fourth-order valence-corrected chi connectivity index (χ4v) is 3.48.